The number of aryl methyl sites for hydroxylation is 1. The molecular formula is C14H25N3O2S. The van der Waals surface area contributed by atoms with Gasteiger partial charge in [0.25, 0.3) is 0 Å². The van der Waals surface area contributed by atoms with Crippen LogP contribution in [-0.2, 0) is 22.7 Å². The van der Waals surface area contributed by atoms with Crippen LogP contribution in [0, 0.1) is 0 Å². The summed E-state index contributed by atoms with van der Waals surface area (Å²) in [6, 6.07) is -0.0778. The number of rotatable bonds is 6. The van der Waals surface area contributed by atoms with Crippen LogP contribution in [0.1, 0.15) is 56.8 Å². The first-order valence-corrected chi connectivity index (χ1v) is 9.36. The van der Waals surface area contributed by atoms with E-state index < -0.39 is 9.84 Å². The third-order valence-electron chi connectivity index (χ3n) is 3.95. The Kier molecular flexibility index (Phi) is 4.73. The summed E-state index contributed by atoms with van der Waals surface area (Å²) in [4.78, 5) is 0. The second kappa shape index (κ2) is 6.16. The van der Waals surface area contributed by atoms with Gasteiger partial charge in [-0.2, -0.15) is 5.10 Å². The van der Waals surface area contributed by atoms with Crippen LogP contribution in [0.4, 0.5) is 5.82 Å². The minimum atomic E-state index is -2.91. The normalized spacial score (nSPS) is 21.4. The maximum absolute atomic E-state index is 11.6. The zero-order chi connectivity index (χ0) is 14.8. The van der Waals surface area contributed by atoms with Crippen LogP contribution in [0.15, 0.2) is 0 Å². The van der Waals surface area contributed by atoms with E-state index in [2.05, 4.69) is 18.9 Å². The van der Waals surface area contributed by atoms with Crippen molar-refractivity contribution in [1.29, 1.82) is 0 Å². The van der Waals surface area contributed by atoms with Crippen molar-refractivity contribution in [2.24, 2.45) is 0 Å². The Bertz CT molecular complexity index is 563. The molecule has 0 spiro atoms. The molecule has 1 atom stereocenters. The topological polar surface area (TPSA) is 78.0 Å². The maximum Gasteiger partial charge on any atom is 0.152 e. The van der Waals surface area contributed by atoms with Gasteiger partial charge in [0.15, 0.2) is 9.84 Å². The monoisotopic (exact) mass is 299 g/mol. The second-order valence-corrected chi connectivity index (χ2v) is 7.89. The molecule has 2 heterocycles. The van der Waals surface area contributed by atoms with E-state index >= 15 is 0 Å². The number of nitrogens with two attached hydrogens (primary N) is 1. The standard InChI is InChI=1S/C14H25N3O2S/c1-3-5-7-13-12(6-4-2)14(15)17(16-13)11-8-9-20(18,19)10-11/h11H,3-10,15H2,1-2H3. The van der Waals surface area contributed by atoms with Gasteiger partial charge in [-0.3, -0.25) is 0 Å². The number of nitrogen functional groups attached to an aromatic ring is 1. The molecule has 0 aliphatic carbocycles. The summed E-state index contributed by atoms with van der Waals surface area (Å²) in [6.07, 6.45) is 5.73. The molecule has 0 amide bonds. The highest BCUT2D eigenvalue weighted by Crippen LogP contribution is 2.29. The van der Waals surface area contributed by atoms with Crippen molar-refractivity contribution in [3.63, 3.8) is 0 Å². The number of unbranched alkanes of at least 4 members (excludes halogenated alkanes) is 1. The summed E-state index contributed by atoms with van der Waals surface area (Å²) in [5.41, 5.74) is 8.43. The quantitative estimate of drug-likeness (QED) is 0.872. The SMILES string of the molecule is CCCCc1nn(C2CCS(=O)(=O)C2)c(N)c1CCC. The molecule has 1 fully saturated rings. The summed E-state index contributed by atoms with van der Waals surface area (Å²) in [6.45, 7) is 4.28. The Hall–Kier alpha value is -1.04. The number of anilines is 1. The molecule has 0 bridgehead atoms. The number of hydrogen-bond acceptors (Lipinski definition) is 4. The highest BCUT2D eigenvalue weighted by Gasteiger charge is 2.32. The first-order valence-electron chi connectivity index (χ1n) is 7.54. The van der Waals surface area contributed by atoms with E-state index in [1.54, 1.807) is 4.68 Å². The zero-order valence-electron chi connectivity index (χ0n) is 12.4. The largest absolute Gasteiger partial charge is 0.384 e. The number of nitrogens with zero attached hydrogens (tertiary/aromatic N) is 2. The number of aromatic nitrogens is 2. The Morgan fingerprint density at radius 3 is 2.60 bits per heavy atom. The van der Waals surface area contributed by atoms with Crippen LogP contribution in [0.2, 0.25) is 0 Å². The second-order valence-electron chi connectivity index (χ2n) is 5.67. The van der Waals surface area contributed by atoms with Gasteiger partial charge < -0.3 is 5.73 Å². The highest BCUT2D eigenvalue weighted by atomic mass is 32.2. The maximum atomic E-state index is 11.6. The van der Waals surface area contributed by atoms with Crippen LogP contribution in [0.3, 0.4) is 0 Å². The molecule has 0 saturated carbocycles. The smallest absolute Gasteiger partial charge is 0.152 e. The third-order valence-corrected chi connectivity index (χ3v) is 5.70. The molecule has 0 radical (unpaired) electrons. The molecule has 1 aromatic heterocycles. The Morgan fingerprint density at radius 1 is 1.30 bits per heavy atom. The van der Waals surface area contributed by atoms with E-state index in [9.17, 15) is 8.42 Å². The van der Waals surface area contributed by atoms with Crippen molar-refractivity contribution in [2.75, 3.05) is 17.2 Å². The lowest BCUT2D eigenvalue weighted by Crippen LogP contribution is -2.15. The van der Waals surface area contributed by atoms with Gasteiger partial charge in [-0.1, -0.05) is 26.7 Å². The molecule has 6 heteroatoms. The van der Waals surface area contributed by atoms with Crippen LogP contribution in [-0.4, -0.2) is 29.7 Å². The lowest BCUT2D eigenvalue weighted by molar-refractivity contribution is 0.500. The summed E-state index contributed by atoms with van der Waals surface area (Å²) < 4.78 is 25.0. The van der Waals surface area contributed by atoms with E-state index in [0.29, 0.717) is 12.2 Å². The van der Waals surface area contributed by atoms with Crippen molar-refractivity contribution in [2.45, 2.75) is 58.4 Å². The first-order chi connectivity index (χ1) is 9.48. The lowest BCUT2D eigenvalue weighted by Gasteiger charge is -2.10. The minimum absolute atomic E-state index is 0.0778. The highest BCUT2D eigenvalue weighted by molar-refractivity contribution is 7.91. The molecular weight excluding hydrogens is 274 g/mol. The van der Waals surface area contributed by atoms with Gasteiger partial charge >= 0.3 is 0 Å². The van der Waals surface area contributed by atoms with Crippen LogP contribution in [0.25, 0.3) is 0 Å². The lowest BCUT2D eigenvalue weighted by atomic mass is 10.1. The summed E-state index contributed by atoms with van der Waals surface area (Å²) in [5.74, 6) is 1.11. The zero-order valence-corrected chi connectivity index (χ0v) is 13.2. The fourth-order valence-electron chi connectivity index (χ4n) is 2.84. The molecule has 5 nitrogen and oxygen atoms in total. The number of hydrogen-bond donors (Lipinski definition) is 1. The van der Waals surface area contributed by atoms with Crippen LogP contribution >= 0.6 is 0 Å². The molecule has 2 rings (SSSR count). The van der Waals surface area contributed by atoms with E-state index in [1.165, 1.54) is 0 Å². The van der Waals surface area contributed by atoms with Crippen molar-refractivity contribution >= 4 is 15.7 Å². The molecule has 2 N–H and O–H groups in total. The van der Waals surface area contributed by atoms with Crippen molar-refractivity contribution in [3.05, 3.63) is 11.3 Å². The predicted molar refractivity (Wildman–Crippen MR) is 81.6 cm³/mol. The molecule has 1 aliphatic heterocycles. The van der Waals surface area contributed by atoms with Crippen molar-refractivity contribution in [3.8, 4) is 0 Å². The minimum Gasteiger partial charge on any atom is -0.384 e. The molecule has 1 unspecified atom stereocenters. The van der Waals surface area contributed by atoms with Gasteiger partial charge in [0, 0.05) is 5.56 Å². The van der Waals surface area contributed by atoms with Gasteiger partial charge in [0.2, 0.25) is 0 Å². The molecule has 114 valence electrons. The van der Waals surface area contributed by atoms with E-state index in [1.807, 2.05) is 0 Å². The molecule has 0 aromatic carbocycles. The van der Waals surface area contributed by atoms with Crippen molar-refractivity contribution < 1.29 is 8.42 Å². The van der Waals surface area contributed by atoms with Gasteiger partial charge in [0.05, 0.1) is 23.2 Å². The number of sulfone groups is 1. The van der Waals surface area contributed by atoms with Crippen molar-refractivity contribution in [1.82, 2.24) is 9.78 Å². The van der Waals surface area contributed by atoms with Gasteiger partial charge in [-0.15, -0.1) is 0 Å². The summed E-state index contributed by atoms with van der Waals surface area (Å²) in [5, 5.41) is 4.64. The summed E-state index contributed by atoms with van der Waals surface area (Å²) in [7, 11) is -2.91. The summed E-state index contributed by atoms with van der Waals surface area (Å²) >= 11 is 0. The van der Waals surface area contributed by atoms with Crippen LogP contribution in [0.5, 0.6) is 0 Å². The Morgan fingerprint density at radius 2 is 2.05 bits per heavy atom. The first kappa shape index (κ1) is 15.4. The van der Waals surface area contributed by atoms with Gasteiger partial charge in [0.1, 0.15) is 5.82 Å². The van der Waals surface area contributed by atoms with E-state index in [4.69, 9.17) is 5.73 Å². The Balaban J connectivity index is 2.29. The fourth-order valence-corrected chi connectivity index (χ4v) is 4.54. The average Bonchev–Trinajstić information content (AvgIpc) is 2.90. The Labute approximate surface area is 121 Å². The van der Waals surface area contributed by atoms with Gasteiger partial charge in [-0.25, -0.2) is 13.1 Å². The molecule has 1 saturated heterocycles. The van der Waals surface area contributed by atoms with E-state index in [-0.39, 0.29) is 17.5 Å². The van der Waals surface area contributed by atoms with Crippen LogP contribution < -0.4 is 5.73 Å². The third kappa shape index (κ3) is 3.16. The molecule has 1 aliphatic rings. The van der Waals surface area contributed by atoms with E-state index in [0.717, 1.165) is 43.4 Å². The molecule has 1 aromatic rings. The van der Waals surface area contributed by atoms with Gasteiger partial charge in [-0.05, 0) is 25.7 Å². The average molecular weight is 299 g/mol. The predicted octanol–water partition coefficient (Wildman–Crippen LogP) is 2.12. The fraction of sp³-hybridized carbons (Fsp3) is 0.786. The molecule has 20 heavy (non-hydrogen) atoms.